The van der Waals surface area contributed by atoms with Crippen molar-refractivity contribution in [2.24, 2.45) is 11.8 Å². The minimum Gasteiger partial charge on any atom is -0.405 e. The van der Waals surface area contributed by atoms with Crippen molar-refractivity contribution < 1.29 is 31.9 Å². The van der Waals surface area contributed by atoms with E-state index in [0.29, 0.717) is 19.3 Å². The standard InChI is InChI=1S/C15H24F3NO4Si/c1-22-9-7-5-6-8(12(9)20)11-10(14(21)19-11)13(15(16,17)18)23-24(2,3)4/h8-11,13H,5-7H2,1-4H3,(H,19,21)/t8-,9+,10+,11+,13+/m1/s1. The number of hydrogen-bond acceptors (Lipinski definition) is 4. The van der Waals surface area contributed by atoms with E-state index in [2.05, 4.69) is 5.32 Å². The molecule has 1 aliphatic heterocycles. The van der Waals surface area contributed by atoms with E-state index < -0.39 is 50.5 Å². The highest BCUT2D eigenvalue weighted by atomic mass is 28.4. The summed E-state index contributed by atoms with van der Waals surface area (Å²) in [5.74, 6) is -2.96. The largest absolute Gasteiger partial charge is 0.414 e. The average molecular weight is 367 g/mol. The van der Waals surface area contributed by atoms with Crippen LogP contribution in [0.15, 0.2) is 0 Å². The van der Waals surface area contributed by atoms with Crippen molar-refractivity contribution in [3.8, 4) is 0 Å². The van der Waals surface area contributed by atoms with Crippen LogP contribution < -0.4 is 5.32 Å². The molecule has 0 aromatic heterocycles. The summed E-state index contributed by atoms with van der Waals surface area (Å²) in [6.45, 7) is 4.93. The third-order valence-corrected chi connectivity index (χ3v) is 5.47. The molecule has 0 radical (unpaired) electrons. The second kappa shape index (κ2) is 6.76. The van der Waals surface area contributed by atoms with E-state index >= 15 is 0 Å². The average Bonchev–Trinajstić information content (AvgIpc) is 2.42. The number of amides is 1. The molecule has 9 heteroatoms. The Bertz CT molecular complexity index is 506. The van der Waals surface area contributed by atoms with Gasteiger partial charge in [-0.1, -0.05) is 0 Å². The molecule has 2 aliphatic rings. The Morgan fingerprint density at radius 3 is 2.29 bits per heavy atom. The van der Waals surface area contributed by atoms with Crippen LogP contribution in [0.2, 0.25) is 19.6 Å². The zero-order valence-electron chi connectivity index (χ0n) is 14.3. The van der Waals surface area contributed by atoms with Gasteiger partial charge in [0, 0.05) is 13.0 Å². The highest BCUT2D eigenvalue weighted by Gasteiger charge is 2.60. The number of carbonyl (C=O) groups excluding carboxylic acids is 2. The molecule has 1 heterocycles. The lowest BCUT2D eigenvalue weighted by Gasteiger charge is -2.47. The Morgan fingerprint density at radius 1 is 1.21 bits per heavy atom. The van der Waals surface area contributed by atoms with E-state index in [1.165, 1.54) is 7.11 Å². The molecule has 1 N–H and O–H groups in total. The molecule has 24 heavy (non-hydrogen) atoms. The first kappa shape index (κ1) is 19.4. The molecule has 1 saturated carbocycles. The van der Waals surface area contributed by atoms with Crippen molar-refractivity contribution in [1.82, 2.24) is 5.32 Å². The predicted molar refractivity (Wildman–Crippen MR) is 82.8 cm³/mol. The normalized spacial score (nSPS) is 33.0. The van der Waals surface area contributed by atoms with Crippen LogP contribution in [0.25, 0.3) is 0 Å². The van der Waals surface area contributed by atoms with Gasteiger partial charge in [0.05, 0.1) is 12.0 Å². The van der Waals surface area contributed by atoms with Crippen LogP contribution in [0.5, 0.6) is 0 Å². The number of β-lactam (4-membered cyclic amide) rings is 1. The van der Waals surface area contributed by atoms with Gasteiger partial charge in [-0.05, 0) is 38.9 Å². The maximum absolute atomic E-state index is 13.5. The number of halogens is 3. The van der Waals surface area contributed by atoms with Crippen molar-refractivity contribution in [1.29, 1.82) is 0 Å². The fourth-order valence-corrected chi connectivity index (χ4v) is 4.50. The summed E-state index contributed by atoms with van der Waals surface area (Å²) < 4.78 is 50.9. The van der Waals surface area contributed by atoms with E-state index in [1.807, 2.05) is 0 Å². The first-order valence-corrected chi connectivity index (χ1v) is 11.5. The minimum atomic E-state index is -4.65. The number of ether oxygens (including phenoxy) is 1. The predicted octanol–water partition coefficient (Wildman–Crippen LogP) is 2.27. The van der Waals surface area contributed by atoms with Gasteiger partial charge in [0.25, 0.3) is 0 Å². The van der Waals surface area contributed by atoms with E-state index in [4.69, 9.17) is 9.16 Å². The third kappa shape index (κ3) is 4.00. The number of nitrogens with one attached hydrogen (secondary N) is 1. The van der Waals surface area contributed by atoms with Gasteiger partial charge in [-0.25, -0.2) is 0 Å². The van der Waals surface area contributed by atoms with E-state index in [1.54, 1.807) is 19.6 Å². The molecule has 138 valence electrons. The molecule has 1 amide bonds. The molecule has 0 bridgehead atoms. The van der Waals surface area contributed by atoms with Crippen LogP contribution in [0.1, 0.15) is 19.3 Å². The van der Waals surface area contributed by atoms with Gasteiger partial charge in [0.1, 0.15) is 6.10 Å². The topological polar surface area (TPSA) is 64.6 Å². The van der Waals surface area contributed by atoms with Crippen molar-refractivity contribution in [3.05, 3.63) is 0 Å². The van der Waals surface area contributed by atoms with Crippen molar-refractivity contribution in [2.75, 3.05) is 7.11 Å². The van der Waals surface area contributed by atoms with Gasteiger partial charge >= 0.3 is 6.18 Å². The SMILES string of the molecule is CO[C@H]1CCC[C@H]([C@@H]2NC(=O)[C@@H]2[C@H](O[Si](C)(C)C)C(F)(F)F)C1=O. The number of rotatable bonds is 5. The zero-order chi connectivity index (χ0) is 18.3. The smallest absolute Gasteiger partial charge is 0.405 e. The monoisotopic (exact) mass is 367 g/mol. The second-order valence-corrected chi connectivity index (χ2v) is 11.9. The number of alkyl halides is 3. The van der Waals surface area contributed by atoms with Crippen molar-refractivity contribution in [2.45, 2.75) is 63.3 Å². The summed E-state index contributed by atoms with van der Waals surface area (Å²) in [5.41, 5.74) is 0. The van der Waals surface area contributed by atoms with Gasteiger partial charge in [-0.2, -0.15) is 13.2 Å². The summed E-state index contributed by atoms with van der Waals surface area (Å²) in [5, 5.41) is 2.50. The zero-order valence-corrected chi connectivity index (χ0v) is 15.3. The van der Waals surface area contributed by atoms with Crippen LogP contribution in [-0.2, 0) is 18.8 Å². The van der Waals surface area contributed by atoms with Crippen molar-refractivity contribution >= 4 is 20.0 Å². The molecule has 0 aromatic carbocycles. The molecule has 2 rings (SSSR count). The first-order chi connectivity index (χ1) is 11.0. The lowest BCUT2D eigenvalue weighted by molar-refractivity contribution is -0.224. The quantitative estimate of drug-likeness (QED) is 0.598. The molecule has 2 fully saturated rings. The maximum Gasteiger partial charge on any atom is 0.414 e. The van der Waals surface area contributed by atoms with Crippen LogP contribution in [0.4, 0.5) is 13.2 Å². The molecule has 1 aliphatic carbocycles. The lowest BCUT2D eigenvalue weighted by Crippen LogP contribution is -2.70. The number of carbonyl (C=O) groups is 2. The number of Topliss-reactive ketones (excluding diaryl/α,β-unsaturated/α-hetero) is 1. The van der Waals surface area contributed by atoms with Crippen LogP contribution >= 0.6 is 0 Å². The molecule has 0 spiro atoms. The van der Waals surface area contributed by atoms with Crippen LogP contribution in [0, 0.1) is 11.8 Å². The summed E-state index contributed by atoms with van der Waals surface area (Å²) in [6.07, 6.45) is -5.73. The molecule has 0 aromatic rings. The van der Waals surface area contributed by atoms with Gasteiger partial charge in [-0.15, -0.1) is 0 Å². The Hall–Kier alpha value is -0.933. The second-order valence-electron chi connectivity index (χ2n) is 7.42. The molecule has 0 unspecified atom stereocenters. The Kier molecular flexibility index (Phi) is 5.46. The molecule has 1 saturated heterocycles. The maximum atomic E-state index is 13.5. The molecule has 5 nitrogen and oxygen atoms in total. The Morgan fingerprint density at radius 2 is 1.83 bits per heavy atom. The third-order valence-electron chi connectivity index (χ3n) is 4.51. The van der Waals surface area contributed by atoms with E-state index in [-0.39, 0.29) is 5.78 Å². The number of hydrogen-bond donors (Lipinski definition) is 1. The lowest BCUT2D eigenvalue weighted by atomic mass is 9.71. The van der Waals surface area contributed by atoms with Gasteiger partial charge in [0.2, 0.25) is 5.91 Å². The summed E-state index contributed by atoms with van der Waals surface area (Å²) >= 11 is 0. The summed E-state index contributed by atoms with van der Waals surface area (Å²) in [6, 6.07) is -0.842. The first-order valence-electron chi connectivity index (χ1n) is 8.07. The van der Waals surface area contributed by atoms with Gasteiger partial charge in [-0.3, -0.25) is 9.59 Å². The summed E-state index contributed by atoms with van der Waals surface area (Å²) in [4.78, 5) is 24.3. The minimum absolute atomic E-state index is 0.229. The van der Waals surface area contributed by atoms with Gasteiger partial charge < -0.3 is 14.5 Å². The van der Waals surface area contributed by atoms with Crippen LogP contribution in [-0.4, -0.2) is 51.5 Å². The Labute approximate surface area is 140 Å². The molecular weight excluding hydrogens is 343 g/mol. The highest BCUT2D eigenvalue weighted by molar-refractivity contribution is 6.69. The Balaban J connectivity index is 2.23. The molecule has 5 atom stereocenters. The number of methoxy groups -OCH3 is 1. The fraction of sp³-hybridized carbons (Fsp3) is 0.867. The summed E-state index contributed by atoms with van der Waals surface area (Å²) in [7, 11) is -1.12. The highest BCUT2D eigenvalue weighted by Crippen LogP contribution is 2.40. The van der Waals surface area contributed by atoms with Crippen molar-refractivity contribution in [3.63, 3.8) is 0 Å². The fourth-order valence-electron chi connectivity index (χ4n) is 3.46. The van der Waals surface area contributed by atoms with Crippen LogP contribution in [0.3, 0.4) is 0 Å². The molecular formula is C15H24F3NO4Si. The number of ketones is 1. The van der Waals surface area contributed by atoms with Gasteiger partial charge in [0.15, 0.2) is 20.2 Å². The van der Waals surface area contributed by atoms with E-state index in [9.17, 15) is 22.8 Å². The van der Waals surface area contributed by atoms with E-state index in [0.717, 1.165) is 0 Å².